The van der Waals surface area contributed by atoms with Crippen molar-refractivity contribution in [1.82, 2.24) is 5.32 Å². The van der Waals surface area contributed by atoms with Gasteiger partial charge in [0.05, 0.1) is 5.92 Å². The Morgan fingerprint density at radius 3 is 2.68 bits per heavy atom. The van der Waals surface area contributed by atoms with Gasteiger partial charge in [0, 0.05) is 23.7 Å². The monoisotopic (exact) mass is 287 g/mol. The second-order valence-electron chi connectivity index (χ2n) is 5.00. The lowest BCUT2D eigenvalue weighted by Gasteiger charge is -2.16. The highest BCUT2D eigenvalue weighted by molar-refractivity contribution is 6.31. The Bertz CT molecular complexity index is 417. The fraction of sp³-hybridized carbons (Fsp3) is 0.500. The molecule has 1 rings (SSSR count). The van der Waals surface area contributed by atoms with Gasteiger partial charge in [0.25, 0.3) is 0 Å². The van der Waals surface area contributed by atoms with Crippen LogP contribution in [0.4, 0.5) is 4.39 Å². The minimum absolute atomic E-state index is 0.230. The first-order valence-corrected chi connectivity index (χ1v) is 6.66. The Morgan fingerprint density at radius 2 is 2.16 bits per heavy atom. The van der Waals surface area contributed by atoms with Crippen LogP contribution in [0.25, 0.3) is 0 Å². The minimum Gasteiger partial charge on any atom is -0.481 e. The Kier molecular flexibility index (Phi) is 6.25. The predicted octanol–water partition coefficient (Wildman–Crippen LogP) is 3.32. The molecule has 0 aliphatic heterocycles. The minimum atomic E-state index is -0.833. The van der Waals surface area contributed by atoms with Gasteiger partial charge < -0.3 is 10.4 Å². The van der Waals surface area contributed by atoms with Gasteiger partial charge in [-0.2, -0.15) is 0 Å². The summed E-state index contributed by atoms with van der Waals surface area (Å²) in [5.41, 5.74) is 0.373. The van der Waals surface area contributed by atoms with E-state index in [1.54, 1.807) is 12.1 Å². The molecule has 0 heterocycles. The Balaban J connectivity index is 2.54. The van der Waals surface area contributed by atoms with E-state index in [4.69, 9.17) is 16.7 Å². The lowest BCUT2D eigenvalue weighted by Crippen LogP contribution is -2.29. The Hall–Kier alpha value is -1.13. The average Bonchev–Trinajstić information content (AvgIpc) is 2.30. The molecule has 0 saturated heterocycles. The molecule has 0 amide bonds. The van der Waals surface area contributed by atoms with Crippen molar-refractivity contribution in [1.29, 1.82) is 0 Å². The van der Waals surface area contributed by atoms with Gasteiger partial charge in [-0.1, -0.05) is 31.5 Å². The zero-order valence-electron chi connectivity index (χ0n) is 11.1. The van der Waals surface area contributed by atoms with Crippen molar-refractivity contribution in [3.05, 3.63) is 34.6 Å². The number of carbonyl (C=O) groups is 1. The third-order valence-corrected chi connectivity index (χ3v) is 3.21. The first kappa shape index (κ1) is 15.9. The van der Waals surface area contributed by atoms with E-state index in [0.717, 1.165) is 0 Å². The molecule has 1 aromatic carbocycles. The standard InChI is InChI=1S/C14H19ClFNO2/c1-9(2)6-10(14(18)19)7-17-8-11-12(15)4-3-5-13(11)16/h3-5,9-10,17H,6-8H2,1-2H3,(H,18,19). The van der Waals surface area contributed by atoms with Crippen LogP contribution in [0.15, 0.2) is 18.2 Å². The van der Waals surface area contributed by atoms with Crippen molar-refractivity contribution >= 4 is 17.6 Å². The second kappa shape index (κ2) is 7.46. The van der Waals surface area contributed by atoms with Crippen molar-refractivity contribution in [2.45, 2.75) is 26.8 Å². The summed E-state index contributed by atoms with van der Waals surface area (Å²) in [6.07, 6.45) is 0.591. The summed E-state index contributed by atoms with van der Waals surface area (Å²) in [5.74, 6) is -1.37. The van der Waals surface area contributed by atoms with E-state index >= 15 is 0 Å². The maximum atomic E-state index is 13.5. The van der Waals surface area contributed by atoms with Crippen molar-refractivity contribution < 1.29 is 14.3 Å². The van der Waals surface area contributed by atoms with E-state index in [1.165, 1.54) is 6.07 Å². The normalized spacial score (nSPS) is 12.7. The molecular formula is C14H19ClFNO2. The van der Waals surface area contributed by atoms with Gasteiger partial charge in [0.2, 0.25) is 0 Å². The lowest BCUT2D eigenvalue weighted by molar-refractivity contribution is -0.142. The van der Waals surface area contributed by atoms with Gasteiger partial charge in [-0.15, -0.1) is 0 Å². The molecule has 0 aliphatic rings. The third kappa shape index (κ3) is 5.17. The van der Waals surface area contributed by atoms with E-state index < -0.39 is 11.9 Å². The van der Waals surface area contributed by atoms with Crippen molar-refractivity contribution in [3.8, 4) is 0 Å². The SMILES string of the molecule is CC(C)CC(CNCc1c(F)cccc1Cl)C(=O)O. The first-order valence-electron chi connectivity index (χ1n) is 6.28. The molecule has 1 unspecified atom stereocenters. The molecule has 1 aromatic rings. The van der Waals surface area contributed by atoms with Crippen molar-refractivity contribution in [2.75, 3.05) is 6.54 Å². The molecule has 0 radical (unpaired) electrons. The summed E-state index contributed by atoms with van der Waals surface area (Å²) in [6.45, 7) is 4.49. The molecule has 3 nitrogen and oxygen atoms in total. The number of hydrogen-bond donors (Lipinski definition) is 2. The molecule has 19 heavy (non-hydrogen) atoms. The van der Waals surface area contributed by atoms with Gasteiger partial charge in [-0.25, -0.2) is 4.39 Å². The summed E-state index contributed by atoms with van der Waals surface area (Å²) >= 11 is 5.90. The van der Waals surface area contributed by atoms with E-state index in [2.05, 4.69) is 5.32 Å². The molecule has 0 saturated carbocycles. The third-order valence-electron chi connectivity index (χ3n) is 2.86. The summed E-state index contributed by atoms with van der Waals surface area (Å²) < 4.78 is 13.5. The van der Waals surface area contributed by atoms with Crippen LogP contribution in [0.5, 0.6) is 0 Å². The van der Waals surface area contributed by atoms with Crippen LogP contribution in [0.2, 0.25) is 5.02 Å². The van der Waals surface area contributed by atoms with Crippen LogP contribution in [0.3, 0.4) is 0 Å². The first-order chi connectivity index (χ1) is 8.91. The molecule has 0 fully saturated rings. The zero-order chi connectivity index (χ0) is 14.4. The molecule has 106 valence electrons. The van der Waals surface area contributed by atoms with Gasteiger partial charge in [-0.3, -0.25) is 4.79 Å². The maximum Gasteiger partial charge on any atom is 0.307 e. The Morgan fingerprint density at radius 1 is 1.47 bits per heavy atom. The quantitative estimate of drug-likeness (QED) is 0.809. The smallest absolute Gasteiger partial charge is 0.307 e. The van der Waals surface area contributed by atoms with Gasteiger partial charge >= 0.3 is 5.97 Å². The number of carboxylic acid groups (broad SMARTS) is 1. The van der Waals surface area contributed by atoms with Gasteiger partial charge in [0.15, 0.2) is 0 Å². The van der Waals surface area contributed by atoms with Crippen LogP contribution < -0.4 is 5.32 Å². The maximum absolute atomic E-state index is 13.5. The average molecular weight is 288 g/mol. The van der Waals surface area contributed by atoms with Crippen LogP contribution in [-0.4, -0.2) is 17.6 Å². The summed E-state index contributed by atoms with van der Waals surface area (Å²) in [5, 5.41) is 12.4. The molecule has 1 atom stereocenters. The summed E-state index contributed by atoms with van der Waals surface area (Å²) in [6, 6.07) is 4.50. The fourth-order valence-electron chi connectivity index (χ4n) is 1.91. The summed E-state index contributed by atoms with van der Waals surface area (Å²) in [4.78, 5) is 11.1. The molecule has 0 aliphatic carbocycles. The lowest BCUT2D eigenvalue weighted by atomic mass is 9.97. The van der Waals surface area contributed by atoms with Crippen molar-refractivity contribution in [3.63, 3.8) is 0 Å². The van der Waals surface area contributed by atoms with E-state index in [9.17, 15) is 9.18 Å². The number of aliphatic carboxylic acids is 1. The number of carboxylic acids is 1. The van der Waals surface area contributed by atoms with Crippen molar-refractivity contribution in [2.24, 2.45) is 11.8 Å². The predicted molar refractivity (Wildman–Crippen MR) is 73.7 cm³/mol. The second-order valence-corrected chi connectivity index (χ2v) is 5.40. The number of hydrogen-bond acceptors (Lipinski definition) is 2. The number of rotatable bonds is 7. The zero-order valence-corrected chi connectivity index (χ0v) is 11.9. The number of nitrogens with one attached hydrogen (secondary N) is 1. The molecule has 5 heteroatoms. The van der Waals surface area contributed by atoms with E-state index in [0.29, 0.717) is 29.5 Å². The fourth-order valence-corrected chi connectivity index (χ4v) is 2.14. The highest BCUT2D eigenvalue weighted by Gasteiger charge is 2.18. The molecular weight excluding hydrogens is 269 g/mol. The molecule has 0 spiro atoms. The van der Waals surface area contributed by atoms with E-state index in [1.807, 2.05) is 13.8 Å². The van der Waals surface area contributed by atoms with E-state index in [-0.39, 0.29) is 12.4 Å². The topological polar surface area (TPSA) is 49.3 Å². The van der Waals surface area contributed by atoms with Crippen LogP contribution in [0.1, 0.15) is 25.8 Å². The van der Waals surface area contributed by atoms with Crippen LogP contribution >= 0.6 is 11.6 Å². The number of benzene rings is 1. The molecule has 0 aromatic heterocycles. The van der Waals surface area contributed by atoms with Crippen LogP contribution in [-0.2, 0) is 11.3 Å². The highest BCUT2D eigenvalue weighted by atomic mass is 35.5. The van der Waals surface area contributed by atoms with Gasteiger partial charge in [-0.05, 0) is 24.5 Å². The summed E-state index contributed by atoms with van der Waals surface area (Å²) in [7, 11) is 0. The number of halogens is 2. The van der Waals surface area contributed by atoms with Crippen LogP contribution in [0, 0.1) is 17.7 Å². The molecule has 2 N–H and O–H groups in total. The Labute approximate surface area is 117 Å². The largest absolute Gasteiger partial charge is 0.481 e. The highest BCUT2D eigenvalue weighted by Crippen LogP contribution is 2.19. The van der Waals surface area contributed by atoms with Gasteiger partial charge in [0.1, 0.15) is 5.82 Å². The molecule has 0 bridgehead atoms.